The number of anilines is 1. The molecule has 0 aliphatic rings. The Morgan fingerprint density at radius 3 is 2.88 bits per heavy atom. The van der Waals surface area contributed by atoms with Gasteiger partial charge >= 0.3 is 0 Å². The largest absolute Gasteiger partial charge is 0.497 e. The highest BCUT2D eigenvalue weighted by Crippen LogP contribution is 2.29. The van der Waals surface area contributed by atoms with Crippen molar-refractivity contribution in [1.29, 1.82) is 0 Å². The van der Waals surface area contributed by atoms with Crippen LogP contribution in [0.4, 0.5) is 5.13 Å². The van der Waals surface area contributed by atoms with Crippen molar-refractivity contribution in [1.82, 2.24) is 9.97 Å². The minimum atomic E-state index is -0.525. The summed E-state index contributed by atoms with van der Waals surface area (Å²) in [5.41, 5.74) is 0.744. The van der Waals surface area contributed by atoms with Crippen molar-refractivity contribution in [2.45, 2.75) is 0 Å². The number of aromatic nitrogens is 2. The standard InChI is InChI=1S/C18H13N3O4S/c1-24-10-4-6-13-15(9-10)26-18(20-13)21-17(23)11-5-7-12(19-16(11)22)14-3-2-8-25-14/h2-9H,1H3,(H,19,22)(H,20,21,23). The number of nitrogens with zero attached hydrogens (tertiary/aromatic N) is 1. The Bertz CT molecular complexity index is 1140. The molecule has 0 spiro atoms. The molecule has 1 aromatic carbocycles. The fraction of sp³-hybridized carbons (Fsp3) is 0.0556. The Balaban J connectivity index is 1.59. The van der Waals surface area contributed by atoms with Crippen molar-refractivity contribution >= 4 is 32.6 Å². The topological polar surface area (TPSA) is 97.2 Å². The summed E-state index contributed by atoms with van der Waals surface area (Å²) >= 11 is 1.31. The van der Waals surface area contributed by atoms with Crippen LogP contribution in [0.25, 0.3) is 21.7 Å². The first-order valence-electron chi connectivity index (χ1n) is 7.67. The first-order chi connectivity index (χ1) is 12.6. The number of benzene rings is 1. The fourth-order valence-electron chi connectivity index (χ4n) is 2.48. The zero-order valence-electron chi connectivity index (χ0n) is 13.6. The number of aromatic amines is 1. The Morgan fingerprint density at radius 1 is 1.27 bits per heavy atom. The molecule has 0 aliphatic carbocycles. The van der Waals surface area contributed by atoms with Crippen LogP contribution in [0.1, 0.15) is 10.4 Å². The molecule has 0 radical (unpaired) electrons. The number of furan rings is 1. The highest BCUT2D eigenvalue weighted by molar-refractivity contribution is 7.22. The summed E-state index contributed by atoms with van der Waals surface area (Å²) in [7, 11) is 1.59. The number of carbonyl (C=O) groups is 1. The Labute approximate surface area is 151 Å². The minimum absolute atomic E-state index is 0.00265. The number of carbonyl (C=O) groups excluding carboxylic acids is 1. The maximum atomic E-state index is 12.4. The summed E-state index contributed by atoms with van der Waals surface area (Å²) < 4.78 is 11.3. The maximum Gasteiger partial charge on any atom is 0.263 e. The first kappa shape index (κ1) is 16.1. The number of fused-ring (bicyclic) bond motifs is 1. The number of thiazole rings is 1. The van der Waals surface area contributed by atoms with Crippen LogP contribution < -0.4 is 15.6 Å². The molecule has 0 saturated heterocycles. The van der Waals surface area contributed by atoms with Crippen LogP contribution in [0, 0.1) is 0 Å². The quantitative estimate of drug-likeness (QED) is 0.575. The Hall–Kier alpha value is -3.39. The van der Waals surface area contributed by atoms with E-state index >= 15 is 0 Å². The van der Waals surface area contributed by atoms with E-state index in [1.807, 2.05) is 12.1 Å². The molecule has 1 amide bonds. The zero-order valence-corrected chi connectivity index (χ0v) is 14.4. The molecule has 0 unspecified atom stereocenters. The third-order valence-corrected chi connectivity index (χ3v) is 4.69. The predicted molar refractivity (Wildman–Crippen MR) is 98.9 cm³/mol. The number of amides is 1. The number of methoxy groups -OCH3 is 1. The Kier molecular flexibility index (Phi) is 4.02. The molecule has 0 bridgehead atoms. The van der Waals surface area contributed by atoms with Crippen LogP contribution in [0.2, 0.25) is 0 Å². The molecular weight excluding hydrogens is 354 g/mol. The van der Waals surface area contributed by atoms with Gasteiger partial charge in [0.25, 0.3) is 11.5 Å². The highest BCUT2D eigenvalue weighted by Gasteiger charge is 2.15. The van der Waals surface area contributed by atoms with Crippen LogP contribution in [-0.4, -0.2) is 23.0 Å². The van der Waals surface area contributed by atoms with Gasteiger partial charge in [0, 0.05) is 0 Å². The van der Waals surface area contributed by atoms with Gasteiger partial charge < -0.3 is 14.1 Å². The van der Waals surface area contributed by atoms with E-state index in [1.54, 1.807) is 31.4 Å². The number of nitrogens with one attached hydrogen (secondary N) is 2. The molecule has 4 rings (SSSR count). The van der Waals surface area contributed by atoms with Crippen molar-refractivity contribution < 1.29 is 13.9 Å². The van der Waals surface area contributed by atoms with Crippen LogP contribution in [-0.2, 0) is 0 Å². The van der Waals surface area contributed by atoms with Crippen molar-refractivity contribution in [3.05, 3.63) is 64.6 Å². The van der Waals surface area contributed by atoms with E-state index in [1.165, 1.54) is 23.7 Å². The van der Waals surface area contributed by atoms with Gasteiger partial charge in [-0.25, -0.2) is 4.98 Å². The van der Waals surface area contributed by atoms with Crippen molar-refractivity contribution in [2.75, 3.05) is 12.4 Å². The van der Waals surface area contributed by atoms with Crippen LogP contribution in [0.5, 0.6) is 5.75 Å². The third-order valence-electron chi connectivity index (χ3n) is 3.76. The predicted octanol–water partition coefficient (Wildman–Crippen LogP) is 3.51. The maximum absolute atomic E-state index is 12.4. The van der Waals surface area contributed by atoms with Crippen molar-refractivity contribution in [3.63, 3.8) is 0 Å². The molecule has 8 heteroatoms. The normalized spacial score (nSPS) is 10.8. The fourth-order valence-corrected chi connectivity index (χ4v) is 3.37. The molecule has 0 saturated carbocycles. The van der Waals surface area contributed by atoms with Gasteiger partial charge in [-0.15, -0.1) is 0 Å². The molecule has 0 aliphatic heterocycles. The molecule has 0 atom stereocenters. The van der Waals surface area contributed by atoms with Gasteiger partial charge in [-0.3, -0.25) is 14.9 Å². The number of H-pyrrole nitrogens is 1. The average Bonchev–Trinajstić information content (AvgIpc) is 3.30. The minimum Gasteiger partial charge on any atom is -0.497 e. The zero-order chi connectivity index (χ0) is 18.1. The summed E-state index contributed by atoms with van der Waals surface area (Å²) in [6, 6.07) is 12.0. The first-order valence-corrected chi connectivity index (χ1v) is 8.49. The smallest absolute Gasteiger partial charge is 0.263 e. The van der Waals surface area contributed by atoms with E-state index in [-0.39, 0.29) is 5.56 Å². The van der Waals surface area contributed by atoms with Gasteiger partial charge in [0.2, 0.25) is 0 Å². The number of hydrogen-bond acceptors (Lipinski definition) is 6. The second-order valence-electron chi connectivity index (χ2n) is 5.40. The average molecular weight is 367 g/mol. The van der Waals surface area contributed by atoms with Gasteiger partial charge in [-0.2, -0.15) is 0 Å². The molecule has 3 heterocycles. The molecule has 7 nitrogen and oxygen atoms in total. The van der Waals surface area contributed by atoms with Gasteiger partial charge in [-0.1, -0.05) is 11.3 Å². The SMILES string of the molecule is COc1ccc2nc(NC(=O)c3ccc(-c4ccco4)[nH]c3=O)sc2c1. The molecule has 0 fully saturated rings. The second kappa shape index (κ2) is 6.49. The molecule has 4 aromatic rings. The number of rotatable bonds is 4. The summed E-state index contributed by atoms with van der Waals surface area (Å²) in [4.78, 5) is 31.6. The van der Waals surface area contributed by atoms with Gasteiger partial charge in [0.15, 0.2) is 5.13 Å². The summed E-state index contributed by atoms with van der Waals surface area (Å²) in [5, 5.41) is 3.07. The van der Waals surface area contributed by atoms with E-state index in [9.17, 15) is 9.59 Å². The monoisotopic (exact) mass is 367 g/mol. The van der Waals surface area contributed by atoms with E-state index < -0.39 is 11.5 Å². The van der Waals surface area contributed by atoms with Crippen LogP contribution >= 0.6 is 11.3 Å². The Morgan fingerprint density at radius 2 is 2.15 bits per heavy atom. The van der Waals surface area contributed by atoms with Crippen LogP contribution in [0.15, 0.2) is 57.9 Å². The van der Waals surface area contributed by atoms with Crippen molar-refractivity contribution in [2.24, 2.45) is 0 Å². The summed E-state index contributed by atoms with van der Waals surface area (Å²) in [5.74, 6) is 0.710. The summed E-state index contributed by atoms with van der Waals surface area (Å²) in [6.45, 7) is 0. The lowest BCUT2D eigenvalue weighted by Crippen LogP contribution is -2.23. The number of ether oxygens (including phenoxy) is 1. The van der Waals surface area contributed by atoms with E-state index in [0.717, 1.165) is 10.2 Å². The molecule has 3 aromatic heterocycles. The lowest BCUT2D eigenvalue weighted by Gasteiger charge is -2.02. The second-order valence-corrected chi connectivity index (χ2v) is 6.43. The summed E-state index contributed by atoms with van der Waals surface area (Å²) in [6.07, 6.45) is 1.51. The number of pyridine rings is 1. The van der Waals surface area contributed by atoms with Crippen LogP contribution in [0.3, 0.4) is 0 Å². The molecule has 130 valence electrons. The highest BCUT2D eigenvalue weighted by atomic mass is 32.1. The molecule has 26 heavy (non-hydrogen) atoms. The van der Waals surface area contributed by atoms with E-state index in [2.05, 4.69) is 15.3 Å². The van der Waals surface area contributed by atoms with E-state index in [4.69, 9.17) is 9.15 Å². The van der Waals surface area contributed by atoms with Crippen molar-refractivity contribution in [3.8, 4) is 17.2 Å². The number of hydrogen-bond donors (Lipinski definition) is 2. The molecule has 2 N–H and O–H groups in total. The van der Waals surface area contributed by atoms with Gasteiger partial charge in [-0.05, 0) is 42.5 Å². The van der Waals surface area contributed by atoms with Gasteiger partial charge in [0.1, 0.15) is 17.1 Å². The third kappa shape index (κ3) is 2.98. The lowest BCUT2D eigenvalue weighted by molar-refractivity contribution is 0.102. The van der Waals surface area contributed by atoms with Gasteiger partial charge in [0.05, 0.1) is 29.3 Å². The molecular formula is C18H13N3O4S. The van der Waals surface area contributed by atoms with E-state index in [0.29, 0.717) is 22.3 Å². The lowest BCUT2D eigenvalue weighted by atomic mass is 10.2.